The van der Waals surface area contributed by atoms with Gasteiger partial charge < -0.3 is 10.5 Å². The molecule has 1 aromatic carbocycles. The van der Waals surface area contributed by atoms with E-state index < -0.39 is 5.82 Å². The van der Waals surface area contributed by atoms with Gasteiger partial charge in [0, 0.05) is 12.2 Å². The maximum Gasteiger partial charge on any atom is 0.146 e. The van der Waals surface area contributed by atoms with Crippen LogP contribution in [0.15, 0.2) is 36.7 Å². The Morgan fingerprint density at radius 1 is 1.37 bits per heavy atom. The summed E-state index contributed by atoms with van der Waals surface area (Å²) in [6.45, 7) is 1.92. The lowest BCUT2D eigenvalue weighted by Crippen LogP contribution is -2.17. The average Bonchev–Trinajstić information content (AvgIpc) is 2.32. The van der Waals surface area contributed by atoms with Crippen LogP contribution in [0.3, 0.4) is 0 Å². The Morgan fingerprint density at radius 3 is 2.84 bits per heavy atom. The lowest BCUT2D eigenvalue weighted by atomic mass is 10.1. The fraction of sp³-hybridized carbons (Fsp3) is 0.214. The summed E-state index contributed by atoms with van der Waals surface area (Å²) in [5.74, 6) is 0.538. The number of hydrogen-bond donors (Lipinski definition) is 1. The molecule has 0 spiro atoms. The molecule has 0 amide bonds. The van der Waals surface area contributed by atoms with Crippen LogP contribution in [-0.2, 0) is 6.42 Å². The first kappa shape index (κ1) is 13.8. The van der Waals surface area contributed by atoms with Crippen molar-refractivity contribution in [1.29, 1.82) is 0 Å². The number of aromatic nitrogens is 1. The zero-order valence-electron chi connectivity index (χ0n) is 10.4. The Bertz CT molecular complexity index is 575. The molecule has 1 aromatic heterocycles. The van der Waals surface area contributed by atoms with E-state index in [9.17, 15) is 4.39 Å². The summed E-state index contributed by atoms with van der Waals surface area (Å²) in [4.78, 5) is 4.08. The minimum atomic E-state index is -0.402. The van der Waals surface area contributed by atoms with Crippen molar-refractivity contribution in [2.24, 2.45) is 5.73 Å². The predicted molar refractivity (Wildman–Crippen MR) is 73.1 cm³/mol. The summed E-state index contributed by atoms with van der Waals surface area (Å²) < 4.78 is 18.5. The van der Waals surface area contributed by atoms with E-state index in [0.717, 1.165) is 5.56 Å². The molecule has 0 radical (unpaired) electrons. The van der Waals surface area contributed by atoms with E-state index in [1.54, 1.807) is 12.4 Å². The second-order valence-corrected chi connectivity index (χ2v) is 4.79. The molecule has 1 unspecified atom stereocenters. The lowest BCUT2D eigenvalue weighted by Gasteiger charge is -2.09. The van der Waals surface area contributed by atoms with Gasteiger partial charge in [-0.25, -0.2) is 4.39 Å². The number of nitrogens with zero attached hydrogens (tertiary/aromatic N) is 1. The van der Waals surface area contributed by atoms with Gasteiger partial charge in [-0.2, -0.15) is 0 Å². The zero-order chi connectivity index (χ0) is 13.8. The fourth-order valence-electron chi connectivity index (χ4n) is 1.69. The molecular formula is C14H14ClFN2O. The molecule has 2 N–H and O–H groups in total. The molecule has 19 heavy (non-hydrogen) atoms. The van der Waals surface area contributed by atoms with E-state index in [4.69, 9.17) is 22.1 Å². The third-order valence-corrected chi connectivity index (χ3v) is 2.74. The number of benzene rings is 1. The van der Waals surface area contributed by atoms with Crippen molar-refractivity contribution in [2.75, 3.05) is 0 Å². The standard InChI is InChI=1S/C14H14ClFN2O/c1-9(17)4-10-5-12(8-18-7-10)19-14-3-2-11(16)6-13(14)15/h2-3,5-9H,4,17H2,1H3. The molecule has 2 aromatic rings. The van der Waals surface area contributed by atoms with E-state index >= 15 is 0 Å². The van der Waals surface area contributed by atoms with E-state index in [-0.39, 0.29) is 11.1 Å². The first-order chi connectivity index (χ1) is 9.04. The van der Waals surface area contributed by atoms with Gasteiger partial charge in [0.25, 0.3) is 0 Å². The maximum absolute atomic E-state index is 12.9. The number of nitrogens with two attached hydrogens (primary N) is 1. The van der Waals surface area contributed by atoms with Gasteiger partial charge >= 0.3 is 0 Å². The SMILES string of the molecule is CC(N)Cc1cncc(Oc2ccc(F)cc2Cl)c1. The lowest BCUT2D eigenvalue weighted by molar-refractivity contribution is 0.477. The number of pyridine rings is 1. The smallest absolute Gasteiger partial charge is 0.146 e. The second-order valence-electron chi connectivity index (χ2n) is 4.39. The van der Waals surface area contributed by atoms with Crippen molar-refractivity contribution < 1.29 is 9.13 Å². The summed E-state index contributed by atoms with van der Waals surface area (Å²) in [6, 6.07) is 5.87. The molecule has 5 heteroatoms. The van der Waals surface area contributed by atoms with Crippen molar-refractivity contribution >= 4 is 11.6 Å². The van der Waals surface area contributed by atoms with Gasteiger partial charge in [0.15, 0.2) is 0 Å². The monoisotopic (exact) mass is 280 g/mol. The number of rotatable bonds is 4. The van der Waals surface area contributed by atoms with Crippen LogP contribution < -0.4 is 10.5 Å². The Kier molecular flexibility index (Phi) is 4.35. The van der Waals surface area contributed by atoms with E-state index in [1.165, 1.54) is 18.2 Å². The molecule has 0 aliphatic heterocycles. The van der Waals surface area contributed by atoms with Crippen LogP contribution in [0.4, 0.5) is 4.39 Å². The average molecular weight is 281 g/mol. The first-order valence-corrected chi connectivity index (χ1v) is 6.25. The minimum absolute atomic E-state index is 0.0476. The van der Waals surface area contributed by atoms with E-state index in [0.29, 0.717) is 17.9 Å². The summed E-state index contributed by atoms with van der Waals surface area (Å²) >= 11 is 5.90. The molecule has 1 heterocycles. The molecule has 0 aliphatic carbocycles. The Balaban J connectivity index is 2.18. The van der Waals surface area contributed by atoms with Crippen molar-refractivity contribution in [1.82, 2.24) is 4.98 Å². The normalized spacial score (nSPS) is 12.2. The zero-order valence-corrected chi connectivity index (χ0v) is 11.2. The van der Waals surface area contributed by atoms with Crippen LogP contribution in [-0.4, -0.2) is 11.0 Å². The number of ether oxygens (including phenoxy) is 1. The molecule has 0 bridgehead atoms. The topological polar surface area (TPSA) is 48.1 Å². The van der Waals surface area contributed by atoms with Gasteiger partial charge in [0.2, 0.25) is 0 Å². The second kappa shape index (κ2) is 5.99. The largest absolute Gasteiger partial charge is 0.454 e. The van der Waals surface area contributed by atoms with Crippen LogP contribution in [0, 0.1) is 5.82 Å². The highest BCUT2D eigenvalue weighted by Gasteiger charge is 2.06. The van der Waals surface area contributed by atoms with Crippen LogP contribution in [0.5, 0.6) is 11.5 Å². The van der Waals surface area contributed by atoms with E-state index in [1.807, 2.05) is 13.0 Å². The Hall–Kier alpha value is -1.65. The molecule has 100 valence electrons. The van der Waals surface area contributed by atoms with Crippen LogP contribution in [0.25, 0.3) is 0 Å². The predicted octanol–water partition coefficient (Wildman–Crippen LogP) is 3.56. The molecule has 0 saturated heterocycles. The highest BCUT2D eigenvalue weighted by molar-refractivity contribution is 6.32. The number of hydrogen-bond acceptors (Lipinski definition) is 3. The fourth-order valence-corrected chi connectivity index (χ4v) is 1.89. The molecule has 0 fully saturated rings. The molecule has 1 atom stereocenters. The highest BCUT2D eigenvalue weighted by atomic mass is 35.5. The van der Waals surface area contributed by atoms with Gasteiger partial charge in [-0.3, -0.25) is 4.98 Å². The molecule has 0 saturated carbocycles. The Labute approximate surface area is 116 Å². The van der Waals surface area contributed by atoms with Crippen molar-refractivity contribution in [3.05, 3.63) is 53.1 Å². The highest BCUT2D eigenvalue weighted by Crippen LogP contribution is 2.29. The Morgan fingerprint density at radius 2 is 2.16 bits per heavy atom. The van der Waals surface area contributed by atoms with Crippen molar-refractivity contribution in [3.8, 4) is 11.5 Å². The quantitative estimate of drug-likeness (QED) is 0.931. The summed E-state index contributed by atoms with van der Waals surface area (Å²) in [7, 11) is 0. The summed E-state index contributed by atoms with van der Waals surface area (Å²) in [6.07, 6.45) is 4.02. The van der Waals surface area contributed by atoms with Gasteiger partial charge in [0.05, 0.1) is 11.2 Å². The number of halogens is 2. The van der Waals surface area contributed by atoms with Crippen LogP contribution in [0.2, 0.25) is 5.02 Å². The first-order valence-electron chi connectivity index (χ1n) is 5.87. The van der Waals surface area contributed by atoms with Gasteiger partial charge in [-0.05, 0) is 43.2 Å². The third-order valence-electron chi connectivity index (χ3n) is 2.45. The van der Waals surface area contributed by atoms with Crippen LogP contribution >= 0.6 is 11.6 Å². The van der Waals surface area contributed by atoms with Gasteiger partial charge in [0.1, 0.15) is 17.3 Å². The van der Waals surface area contributed by atoms with Gasteiger partial charge in [-0.1, -0.05) is 11.6 Å². The molecule has 3 nitrogen and oxygen atoms in total. The molecule has 0 aliphatic rings. The minimum Gasteiger partial charge on any atom is -0.454 e. The van der Waals surface area contributed by atoms with Gasteiger partial charge in [-0.15, -0.1) is 0 Å². The maximum atomic E-state index is 12.9. The van der Waals surface area contributed by atoms with E-state index in [2.05, 4.69) is 4.98 Å². The molecule has 2 rings (SSSR count). The molecular weight excluding hydrogens is 267 g/mol. The van der Waals surface area contributed by atoms with Crippen LogP contribution in [0.1, 0.15) is 12.5 Å². The third kappa shape index (κ3) is 3.91. The van der Waals surface area contributed by atoms with Crippen molar-refractivity contribution in [2.45, 2.75) is 19.4 Å². The summed E-state index contributed by atoms with van der Waals surface area (Å²) in [5, 5.41) is 0.220. The van der Waals surface area contributed by atoms with Crippen molar-refractivity contribution in [3.63, 3.8) is 0 Å². The summed E-state index contributed by atoms with van der Waals surface area (Å²) in [5.41, 5.74) is 6.71.